The third kappa shape index (κ3) is 5.54. The molecule has 20 heavy (non-hydrogen) atoms. The second-order valence-electron chi connectivity index (χ2n) is 4.00. The van der Waals surface area contributed by atoms with Crippen LogP contribution in [0.5, 0.6) is 0 Å². The summed E-state index contributed by atoms with van der Waals surface area (Å²) in [6.45, 7) is -0.243. The standard InChI is InChI=1S/C12H13F3N2O2S/c1-7(19-6-12(13,14)15)11(18)17-9-4-2-3-8(5-9)10(16)20/h2-5,7H,6H2,1H3,(H2,16,20)(H,17,18). The summed E-state index contributed by atoms with van der Waals surface area (Å²) in [7, 11) is 0. The number of hydrogen-bond acceptors (Lipinski definition) is 3. The van der Waals surface area contributed by atoms with Crippen LogP contribution in [0.4, 0.5) is 18.9 Å². The minimum absolute atomic E-state index is 0.155. The molecule has 0 saturated heterocycles. The molecule has 110 valence electrons. The van der Waals surface area contributed by atoms with Crippen LogP contribution in [0, 0.1) is 0 Å². The molecule has 0 aliphatic heterocycles. The summed E-state index contributed by atoms with van der Waals surface area (Å²) in [5.74, 6) is -0.686. The van der Waals surface area contributed by atoms with E-state index < -0.39 is 24.8 Å². The largest absolute Gasteiger partial charge is 0.411 e. The van der Waals surface area contributed by atoms with Crippen molar-refractivity contribution in [1.29, 1.82) is 0 Å². The molecule has 1 rings (SSSR count). The van der Waals surface area contributed by atoms with Crippen molar-refractivity contribution in [2.24, 2.45) is 5.73 Å². The van der Waals surface area contributed by atoms with Gasteiger partial charge < -0.3 is 15.8 Å². The molecule has 1 aromatic rings. The van der Waals surface area contributed by atoms with Crippen molar-refractivity contribution in [1.82, 2.24) is 0 Å². The van der Waals surface area contributed by atoms with E-state index in [0.29, 0.717) is 11.3 Å². The van der Waals surface area contributed by atoms with E-state index >= 15 is 0 Å². The predicted molar refractivity (Wildman–Crippen MR) is 72.4 cm³/mol. The van der Waals surface area contributed by atoms with E-state index in [2.05, 4.69) is 10.1 Å². The van der Waals surface area contributed by atoms with E-state index in [1.54, 1.807) is 18.2 Å². The highest BCUT2D eigenvalue weighted by Gasteiger charge is 2.29. The molecule has 0 fully saturated rings. The van der Waals surface area contributed by atoms with Crippen molar-refractivity contribution in [3.05, 3.63) is 29.8 Å². The maximum Gasteiger partial charge on any atom is 0.411 e. The van der Waals surface area contributed by atoms with Crippen LogP contribution in [0.25, 0.3) is 0 Å². The lowest BCUT2D eigenvalue weighted by molar-refractivity contribution is -0.184. The van der Waals surface area contributed by atoms with Gasteiger partial charge in [-0.2, -0.15) is 13.2 Å². The molecule has 0 saturated carbocycles. The molecule has 1 atom stereocenters. The number of nitrogens with two attached hydrogens (primary N) is 1. The zero-order valence-electron chi connectivity index (χ0n) is 10.5. The van der Waals surface area contributed by atoms with Gasteiger partial charge in [0.1, 0.15) is 17.7 Å². The Balaban J connectivity index is 2.61. The Bertz CT molecular complexity index is 506. The summed E-state index contributed by atoms with van der Waals surface area (Å²) in [4.78, 5) is 11.8. The summed E-state index contributed by atoms with van der Waals surface area (Å²) in [5.41, 5.74) is 6.36. The van der Waals surface area contributed by atoms with Gasteiger partial charge in [-0.15, -0.1) is 0 Å². The quantitative estimate of drug-likeness (QED) is 0.819. The lowest BCUT2D eigenvalue weighted by atomic mass is 10.2. The van der Waals surface area contributed by atoms with Crippen molar-refractivity contribution >= 4 is 28.8 Å². The zero-order valence-corrected chi connectivity index (χ0v) is 11.3. The summed E-state index contributed by atoms with van der Waals surface area (Å²) < 4.78 is 40.3. The first-order valence-electron chi connectivity index (χ1n) is 5.58. The highest BCUT2D eigenvalue weighted by molar-refractivity contribution is 7.80. The van der Waals surface area contributed by atoms with Gasteiger partial charge in [-0.1, -0.05) is 24.4 Å². The molecule has 0 aliphatic carbocycles. The number of halogens is 3. The lowest BCUT2D eigenvalue weighted by Crippen LogP contribution is -2.31. The van der Waals surface area contributed by atoms with Gasteiger partial charge in [0.15, 0.2) is 0 Å². The molecule has 1 amide bonds. The summed E-state index contributed by atoms with van der Waals surface area (Å²) in [6, 6.07) is 6.36. The first kappa shape index (κ1) is 16.4. The number of hydrogen-bond donors (Lipinski definition) is 2. The maximum absolute atomic E-state index is 12.0. The van der Waals surface area contributed by atoms with Crippen molar-refractivity contribution < 1.29 is 22.7 Å². The predicted octanol–water partition coefficient (Wildman–Crippen LogP) is 2.23. The third-order valence-corrected chi connectivity index (χ3v) is 2.52. The van der Waals surface area contributed by atoms with Gasteiger partial charge in [0.05, 0.1) is 0 Å². The number of ether oxygens (including phenoxy) is 1. The van der Waals surface area contributed by atoms with Gasteiger partial charge in [0, 0.05) is 11.3 Å². The van der Waals surface area contributed by atoms with Crippen LogP contribution in [0.3, 0.4) is 0 Å². The molecule has 0 radical (unpaired) electrons. The topological polar surface area (TPSA) is 64.3 Å². The van der Waals surface area contributed by atoms with Crippen molar-refractivity contribution in [2.75, 3.05) is 11.9 Å². The van der Waals surface area contributed by atoms with E-state index in [-0.39, 0.29) is 4.99 Å². The molecule has 0 heterocycles. The van der Waals surface area contributed by atoms with Crippen molar-refractivity contribution in [3.63, 3.8) is 0 Å². The second-order valence-corrected chi connectivity index (χ2v) is 4.44. The number of carbonyl (C=O) groups is 1. The van der Waals surface area contributed by atoms with Gasteiger partial charge >= 0.3 is 6.18 Å². The average molecular weight is 306 g/mol. The number of rotatable bonds is 5. The zero-order chi connectivity index (χ0) is 15.3. The number of anilines is 1. The Morgan fingerprint density at radius 3 is 2.70 bits per heavy atom. The van der Waals surface area contributed by atoms with Gasteiger partial charge in [0.2, 0.25) is 0 Å². The van der Waals surface area contributed by atoms with Gasteiger partial charge in [-0.05, 0) is 19.1 Å². The number of amides is 1. The smallest absolute Gasteiger partial charge is 0.389 e. The Morgan fingerprint density at radius 2 is 2.15 bits per heavy atom. The van der Waals surface area contributed by atoms with Crippen LogP contribution in [-0.4, -0.2) is 29.8 Å². The van der Waals surface area contributed by atoms with Gasteiger partial charge in [-0.25, -0.2) is 0 Å². The van der Waals surface area contributed by atoms with Crippen LogP contribution >= 0.6 is 12.2 Å². The minimum Gasteiger partial charge on any atom is -0.389 e. The highest BCUT2D eigenvalue weighted by atomic mass is 32.1. The third-order valence-electron chi connectivity index (χ3n) is 2.28. The Hall–Kier alpha value is -1.67. The molecule has 8 heteroatoms. The Labute approximate surface area is 119 Å². The summed E-state index contributed by atoms with van der Waals surface area (Å²) in [6.07, 6.45) is -5.70. The molecule has 0 aromatic heterocycles. The lowest BCUT2D eigenvalue weighted by Gasteiger charge is -2.15. The SMILES string of the molecule is CC(OCC(F)(F)F)C(=O)Nc1cccc(C(N)=S)c1. The first-order chi connectivity index (χ1) is 9.19. The normalized spacial score (nSPS) is 12.8. The summed E-state index contributed by atoms with van der Waals surface area (Å²) >= 11 is 4.78. The van der Waals surface area contributed by atoms with Gasteiger partial charge in [-0.3, -0.25) is 4.79 Å². The summed E-state index contributed by atoms with van der Waals surface area (Å²) in [5, 5.41) is 2.43. The van der Waals surface area contributed by atoms with Crippen LogP contribution in [0.1, 0.15) is 12.5 Å². The number of benzene rings is 1. The minimum atomic E-state index is -4.47. The maximum atomic E-state index is 12.0. The fraction of sp³-hybridized carbons (Fsp3) is 0.333. The molecule has 4 nitrogen and oxygen atoms in total. The molecule has 1 unspecified atom stereocenters. The number of carbonyl (C=O) groups excluding carboxylic acids is 1. The van der Waals surface area contributed by atoms with Crippen LogP contribution < -0.4 is 11.1 Å². The number of nitrogens with one attached hydrogen (secondary N) is 1. The monoisotopic (exact) mass is 306 g/mol. The average Bonchev–Trinajstić information content (AvgIpc) is 2.35. The van der Waals surface area contributed by atoms with E-state index in [0.717, 1.165) is 0 Å². The van der Waals surface area contributed by atoms with E-state index in [9.17, 15) is 18.0 Å². The van der Waals surface area contributed by atoms with Crippen LogP contribution in [-0.2, 0) is 9.53 Å². The van der Waals surface area contributed by atoms with E-state index in [1.165, 1.54) is 13.0 Å². The fourth-order valence-corrected chi connectivity index (χ4v) is 1.42. The molecule has 0 spiro atoms. The van der Waals surface area contributed by atoms with Gasteiger partial charge in [0.25, 0.3) is 5.91 Å². The highest BCUT2D eigenvalue weighted by Crippen LogP contribution is 2.16. The molecule has 3 N–H and O–H groups in total. The van der Waals surface area contributed by atoms with E-state index in [1.807, 2.05) is 0 Å². The molecular weight excluding hydrogens is 293 g/mol. The Morgan fingerprint density at radius 1 is 1.50 bits per heavy atom. The van der Waals surface area contributed by atoms with Crippen molar-refractivity contribution in [2.45, 2.75) is 19.2 Å². The molecule has 0 aliphatic rings. The number of alkyl halides is 3. The fourth-order valence-electron chi connectivity index (χ4n) is 1.29. The number of thiocarbonyl (C=S) groups is 1. The van der Waals surface area contributed by atoms with Crippen LogP contribution in [0.2, 0.25) is 0 Å². The second kappa shape index (κ2) is 6.67. The molecule has 1 aromatic carbocycles. The van der Waals surface area contributed by atoms with Crippen molar-refractivity contribution in [3.8, 4) is 0 Å². The first-order valence-corrected chi connectivity index (χ1v) is 5.99. The Kier molecular flexibility index (Phi) is 5.46. The van der Waals surface area contributed by atoms with Crippen LogP contribution in [0.15, 0.2) is 24.3 Å². The molecular formula is C12H13F3N2O2S. The van der Waals surface area contributed by atoms with E-state index in [4.69, 9.17) is 18.0 Å². The molecule has 0 bridgehead atoms.